The third-order valence-corrected chi connectivity index (χ3v) is 4.47. The zero-order valence-corrected chi connectivity index (χ0v) is 12.3. The number of hydrogen-bond donors (Lipinski definition) is 3. The molecule has 2 heterocycles. The van der Waals surface area contributed by atoms with Gasteiger partial charge in [0.2, 0.25) is 5.95 Å². The summed E-state index contributed by atoms with van der Waals surface area (Å²) in [5.41, 5.74) is 1.21. The lowest BCUT2D eigenvalue weighted by Gasteiger charge is -2.08. The zero-order chi connectivity index (χ0) is 14.6. The molecule has 2 aromatic heterocycles. The van der Waals surface area contributed by atoms with Gasteiger partial charge in [0.05, 0.1) is 12.1 Å². The van der Waals surface area contributed by atoms with Gasteiger partial charge in [0.15, 0.2) is 21.3 Å². The minimum Gasteiger partial charge on any atom is -0.367 e. The number of aromatic nitrogens is 4. The van der Waals surface area contributed by atoms with Crippen LogP contribution in [-0.2, 0) is 9.84 Å². The van der Waals surface area contributed by atoms with E-state index in [4.69, 9.17) is 0 Å². The molecule has 0 bridgehead atoms. The molecule has 110 valence electrons. The average Bonchev–Trinajstić information content (AvgIpc) is 2.87. The summed E-state index contributed by atoms with van der Waals surface area (Å²) in [6.45, 7) is 4.57. The van der Waals surface area contributed by atoms with E-state index in [0.717, 1.165) is 0 Å². The molecule has 2 rings (SSSR count). The maximum absolute atomic E-state index is 11.5. The van der Waals surface area contributed by atoms with Gasteiger partial charge in [-0.3, -0.25) is 0 Å². The topological polar surface area (TPSA) is 113 Å². The Morgan fingerprint density at radius 2 is 2.05 bits per heavy atom. The van der Waals surface area contributed by atoms with Gasteiger partial charge in [-0.05, 0) is 6.92 Å². The fraction of sp³-hybridized carbons (Fsp3) is 0.545. The van der Waals surface area contributed by atoms with Crippen molar-refractivity contribution in [1.29, 1.82) is 0 Å². The Bertz CT molecular complexity index is 681. The van der Waals surface area contributed by atoms with Crippen molar-refractivity contribution in [3.63, 3.8) is 0 Å². The Labute approximate surface area is 117 Å². The van der Waals surface area contributed by atoms with Crippen LogP contribution >= 0.6 is 0 Å². The Morgan fingerprint density at radius 3 is 2.75 bits per heavy atom. The Morgan fingerprint density at radius 1 is 1.25 bits per heavy atom. The average molecular weight is 298 g/mol. The third-order valence-electron chi connectivity index (χ3n) is 2.77. The van der Waals surface area contributed by atoms with Crippen LogP contribution < -0.4 is 10.6 Å². The number of nitrogens with one attached hydrogen (secondary N) is 3. The molecular weight excluding hydrogens is 280 g/mol. The first-order valence-electron chi connectivity index (χ1n) is 6.45. The molecular formula is C11H18N6O2S. The van der Waals surface area contributed by atoms with Crippen molar-refractivity contribution in [3.05, 3.63) is 6.33 Å². The molecule has 0 aliphatic rings. The van der Waals surface area contributed by atoms with Gasteiger partial charge in [0.25, 0.3) is 0 Å². The fourth-order valence-corrected chi connectivity index (χ4v) is 2.37. The molecule has 0 radical (unpaired) electrons. The van der Waals surface area contributed by atoms with E-state index in [1.807, 2.05) is 6.92 Å². The summed E-state index contributed by atoms with van der Waals surface area (Å²) in [6.07, 6.45) is 1.53. The number of aromatic amines is 1. The number of imidazole rings is 1. The first kappa shape index (κ1) is 14.5. The van der Waals surface area contributed by atoms with Gasteiger partial charge >= 0.3 is 0 Å². The van der Waals surface area contributed by atoms with E-state index >= 15 is 0 Å². The summed E-state index contributed by atoms with van der Waals surface area (Å²) in [7, 11) is -3.00. The van der Waals surface area contributed by atoms with Gasteiger partial charge in [-0.2, -0.15) is 9.97 Å². The molecule has 0 aromatic carbocycles. The van der Waals surface area contributed by atoms with E-state index in [1.54, 1.807) is 6.92 Å². The fourth-order valence-electron chi connectivity index (χ4n) is 1.67. The summed E-state index contributed by atoms with van der Waals surface area (Å²) in [5, 5.41) is 6.03. The summed E-state index contributed by atoms with van der Waals surface area (Å²) in [6, 6.07) is 0. The summed E-state index contributed by atoms with van der Waals surface area (Å²) in [4.78, 5) is 15.6. The van der Waals surface area contributed by atoms with Crippen LogP contribution in [0, 0.1) is 0 Å². The molecule has 0 saturated carbocycles. The minimum atomic E-state index is -3.00. The van der Waals surface area contributed by atoms with Gasteiger partial charge in [-0.1, -0.05) is 6.92 Å². The lowest BCUT2D eigenvalue weighted by molar-refractivity contribution is 0.597. The van der Waals surface area contributed by atoms with Crippen LogP contribution in [0.25, 0.3) is 11.2 Å². The predicted octanol–water partition coefficient (Wildman–Crippen LogP) is 0.631. The molecule has 0 amide bonds. The molecule has 9 heteroatoms. The Balaban J connectivity index is 2.17. The van der Waals surface area contributed by atoms with Gasteiger partial charge in [0, 0.05) is 18.8 Å². The number of H-pyrrole nitrogens is 1. The highest BCUT2D eigenvalue weighted by Crippen LogP contribution is 2.18. The highest BCUT2D eigenvalue weighted by Gasteiger charge is 2.11. The van der Waals surface area contributed by atoms with Crippen molar-refractivity contribution < 1.29 is 8.42 Å². The molecule has 0 spiro atoms. The number of rotatable bonds is 7. The highest BCUT2D eigenvalue weighted by atomic mass is 32.2. The number of sulfone groups is 1. The number of anilines is 2. The standard InChI is InChI=1S/C11H18N6O2S/c1-3-12-11-16-9(8-10(17-11)15-7-14-8)13-5-6-20(18,19)4-2/h7H,3-6H2,1-2H3,(H3,12,13,14,15,16,17). The van der Waals surface area contributed by atoms with Crippen molar-refractivity contribution in [1.82, 2.24) is 19.9 Å². The lowest BCUT2D eigenvalue weighted by atomic mass is 10.5. The van der Waals surface area contributed by atoms with Crippen LogP contribution in [0.4, 0.5) is 11.8 Å². The van der Waals surface area contributed by atoms with Gasteiger partial charge in [0.1, 0.15) is 5.52 Å². The Hall–Kier alpha value is -1.90. The summed E-state index contributed by atoms with van der Waals surface area (Å²) >= 11 is 0. The van der Waals surface area contributed by atoms with Crippen LogP contribution in [0.1, 0.15) is 13.8 Å². The largest absolute Gasteiger partial charge is 0.367 e. The third kappa shape index (κ3) is 3.35. The Kier molecular flexibility index (Phi) is 4.38. The van der Waals surface area contributed by atoms with E-state index < -0.39 is 9.84 Å². The van der Waals surface area contributed by atoms with E-state index in [2.05, 4.69) is 30.6 Å². The maximum Gasteiger partial charge on any atom is 0.226 e. The van der Waals surface area contributed by atoms with E-state index in [9.17, 15) is 8.42 Å². The maximum atomic E-state index is 11.5. The van der Waals surface area contributed by atoms with E-state index in [1.165, 1.54) is 6.33 Å². The number of hydrogen-bond acceptors (Lipinski definition) is 7. The van der Waals surface area contributed by atoms with Crippen molar-refractivity contribution in [2.75, 3.05) is 35.2 Å². The molecule has 0 aliphatic heterocycles. The molecule has 2 aromatic rings. The van der Waals surface area contributed by atoms with Crippen LogP contribution in [0.5, 0.6) is 0 Å². The van der Waals surface area contributed by atoms with E-state index in [0.29, 0.717) is 36.0 Å². The molecule has 3 N–H and O–H groups in total. The predicted molar refractivity (Wildman–Crippen MR) is 78.7 cm³/mol. The molecule has 0 unspecified atom stereocenters. The molecule has 8 nitrogen and oxygen atoms in total. The van der Waals surface area contributed by atoms with Gasteiger partial charge in [-0.15, -0.1) is 0 Å². The van der Waals surface area contributed by atoms with Gasteiger partial charge in [-0.25, -0.2) is 13.4 Å². The van der Waals surface area contributed by atoms with Crippen molar-refractivity contribution in [2.45, 2.75) is 13.8 Å². The molecule has 0 atom stereocenters. The summed E-state index contributed by atoms with van der Waals surface area (Å²) < 4.78 is 22.9. The van der Waals surface area contributed by atoms with Crippen LogP contribution in [-0.4, -0.2) is 52.9 Å². The number of fused-ring (bicyclic) bond motifs is 1. The van der Waals surface area contributed by atoms with Crippen LogP contribution in [0.3, 0.4) is 0 Å². The monoisotopic (exact) mass is 298 g/mol. The first-order chi connectivity index (χ1) is 9.55. The second-order valence-electron chi connectivity index (χ2n) is 4.19. The highest BCUT2D eigenvalue weighted by molar-refractivity contribution is 7.91. The quantitative estimate of drug-likeness (QED) is 0.687. The molecule has 0 fully saturated rings. The van der Waals surface area contributed by atoms with Crippen molar-refractivity contribution in [2.24, 2.45) is 0 Å². The zero-order valence-electron chi connectivity index (χ0n) is 11.5. The smallest absolute Gasteiger partial charge is 0.226 e. The van der Waals surface area contributed by atoms with Crippen LogP contribution in [0.2, 0.25) is 0 Å². The second kappa shape index (κ2) is 6.04. The molecule has 20 heavy (non-hydrogen) atoms. The van der Waals surface area contributed by atoms with E-state index in [-0.39, 0.29) is 11.5 Å². The normalized spacial score (nSPS) is 11.7. The SMILES string of the molecule is CCNc1nc(NCCS(=O)(=O)CC)c2[nH]cnc2n1. The summed E-state index contributed by atoms with van der Waals surface area (Å²) in [5.74, 6) is 1.22. The van der Waals surface area contributed by atoms with Crippen molar-refractivity contribution in [3.8, 4) is 0 Å². The first-order valence-corrected chi connectivity index (χ1v) is 8.27. The van der Waals surface area contributed by atoms with Gasteiger partial charge < -0.3 is 15.6 Å². The molecule has 0 saturated heterocycles. The minimum absolute atomic E-state index is 0.0691. The van der Waals surface area contributed by atoms with Crippen LogP contribution in [0.15, 0.2) is 6.33 Å². The molecule has 0 aliphatic carbocycles. The number of nitrogens with zero attached hydrogens (tertiary/aromatic N) is 3. The second-order valence-corrected chi connectivity index (χ2v) is 6.66. The lowest BCUT2D eigenvalue weighted by Crippen LogP contribution is -2.18. The van der Waals surface area contributed by atoms with Crippen molar-refractivity contribution >= 4 is 32.8 Å².